The van der Waals surface area contributed by atoms with E-state index in [9.17, 15) is 23.4 Å². The van der Waals surface area contributed by atoms with Gasteiger partial charge in [0.1, 0.15) is 6.10 Å². The van der Waals surface area contributed by atoms with Gasteiger partial charge in [-0.15, -0.1) is 0 Å². The van der Waals surface area contributed by atoms with Crippen molar-refractivity contribution in [1.29, 1.82) is 0 Å². The smallest absolute Gasteiger partial charge is 0.393 e. The molecule has 0 unspecified atom stereocenters. The number of aliphatic hydroxyl groups is 2. The minimum Gasteiger partial charge on any atom is -0.393 e. The van der Waals surface area contributed by atoms with E-state index >= 15 is 0 Å². The van der Waals surface area contributed by atoms with E-state index in [-0.39, 0.29) is 0 Å². The van der Waals surface area contributed by atoms with Crippen molar-refractivity contribution in [1.82, 2.24) is 9.88 Å². The predicted molar refractivity (Wildman–Crippen MR) is 137 cm³/mol. The summed E-state index contributed by atoms with van der Waals surface area (Å²) in [4.78, 5) is 13.3. The van der Waals surface area contributed by atoms with E-state index in [0.717, 1.165) is 41.1 Å². The Balaban J connectivity index is 1.51. The fourth-order valence-electron chi connectivity index (χ4n) is 4.70. The number of aliphatic hydroxyl groups excluding tert-OH is 2. The largest absolute Gasteiger partial charge is 0.416 e. The molecular formula is C28H27F3N4O2. The lowest BCUT2D eigenvalue weighted by Gasteiger charge is -2.26. The van der Waals surface area contributed by atoms with Gasteiger partial charge in [-0.1, -0.05) is 18.2 Å². The molecule has 37 heavy (non-hydrogen) atoms. The predicted octanol–water partition coefficient (Wildman–Crippen LogP) is 5.11. The number of anilines is 2. The first-order chi connectivity index (χ1) is 17.8. The summed E-state index contributed by atoms with van der Waals surface area (Å²) >= 11 is 0. The maximum absolute atomic E-state index is 13.1. The van der Waals surface area contributed by atoms with Crippen LogP contribution >= 0.6 is 0 Å². The molecule has 6 nitrogen and oxygen atoms in total. The standard InChI is InChI=1S/C28H27F3N4O2/c29-28(30,31)21-7-9-23(10-8-21)35-14-13-34(17-22-3-2-12-32-22)16-20-15-19(6-11-26(20)35)24-4-1-5-25(33-24)27(37)18-36/h1-2,4-12,15,27,36-37H,3,13-14,16-18H2/t27-/m1/s1. The van der Waals surface area contributed by atoms with E-state index in [0.29, 0.717) is 43.3 Å². The highest BCUT2D eigenvalue weighted by atomic mass is 19.4. The molecule has 1 atom stereocenters. The van der Waals surface area contributed by atoms with Gasteiger partial charge in [0.15, 0.2) is 0 Å². The highest BCUT2D eigenvalue weighted by Gasteiger charge is 2.30. The molecule has 0 saturated heterocycles. The topological polar surface area (TPSA) is 72.2 Å². The number of aromatic nitrogens is 1. The van der Waals surface area contributed by atoms with Gasteiger partial charge in [-0.3, -0.25) is 9.89 Å². The van der Waals surface area contributed by atoms with Gasteiger partial charge in [0.25, 0.3) is 0 Å². The third-order valence-electron chi connectivity index (χ3n) is 6.61. The van der Waals surface area contributed by atoms with Crippen molar-refractivity contribution in [3.63, 3.8) is 0 Å². The highest BCUT2D eigenvalue weighted by Crippen LogP contribution is 2.36. The van der Waals surface area contributed by atoms with Crippen LogP contribution in [0.4, 0.5) is 24.5 Å². The number of rotatable bonds is 6. The highest BCUT2D eigenvalue weighted by molar-refractivity contribution is 5.89. The molecule has 0 saturated carbocycles. The van der Waals surface area contributed by atoms with E-state index in [1.54, 1.807) is 12.1 Å². The Morgan fingerprint density at radius 2 is 1.81 bits per heavy atom. The summed E-state index contributed by atoms with van der Waals surface area (Å²) in [6, 6.07) is 16.5. The van der Waals surface area contributed by atoms with Crippen LogP contribution in [0.3, 0.4) is 0 Å². The van der Waals surface area contributed by atoms with E-state index < -0.39 is 24.5 Å². The summed E-state index contributed by atoms with van der Waals surface area (Å²) in [5.74, 6) is 0. The number of pyridine rings is 1. The van der Waals surface area contributed by atoms with Crippen molar-refractivity contribution in [2.45, 2.75) is 25.2 Å². The molecule has 0 aliphatic carbocycles. The van der Waals surface area contributed by atoms with Gasteiger partial charge in [-0.2, -0.15) is 13.2 Å². The van der Waals surface area contributed by atoms with Crippen molar-refractivity contribution in [2.24, 2.45) is 4.99 Å². The van der Waals surface area contributed by atoms with Crippen LogP contribution in [0.15, 0.2) is 77.9 Å². The first-order valence-electron chi connectivity index (χ1n) is 12.1. The molecule has 2 N–H and O–H groups in total. The summed E-state index contributed by atoms with van der Waals surface area (Å²) in [6.45, 7) is 2.23. The monoisotopic (exact) mass is 508 g/mol. The maximum Gasteiger partial charge on any atom is 0.416 e. The van der Waals surface area contributed by atoms with Crippen molar-refractivity contribution < 1.29 is 23.4 Å². The number of allylic oxidation sites excluding steroid dienone is 1. The zero-order valence-electron chi connectivity index (χ0n) is 20.1. The van der Waals surface area contributed by atoms with Gasteiger partial charge in [0.05, 0.1) is 23.6 Å². The van der Waals surface area contributed by atoms with Gasteiger partial charge in [0.2, 0.25) is 0 Å². The molecule has 1 aromatic heterocycles. The number of nitrogens with zero attached hydrogens (tertiary/aromatic N) is 4. The third kappa shape index (κ3) is 5.58. The second-order valence-electron chi connectivity index (χ2n) is 9.18. The van der Waals surface area contributed by atoms with Crippen LogP contribution in [0.25, 0.3) is 11.3 Å². The Morgan fingerprint density at radius 1 is 1.00 bits per heavy atom. The molecule has 0 amide bonds. The molecule has 2 aromatic carbocycles. The molecule has 5 rings (SSSR count). The fraction of sp³-hybridized carbons (Fsp3) is 0.286. The molecule has 192 valence electrons. The summed E-state index contributed by atoms with van der Waals surface area (Å²) in [7, 11) is 0. The summed E-state index contributed by atoms with van der Waals surface area (Å²) in [5.41, 5.74) is 4.91. The minimum absolute atomic E-state index is 0.384. The van der Waals surface area contributed by atoms with E-state index in [1.807, 2.05) is 41.4 Å². The first-order valence-corrected chi connectivity index (χ1v) is 12.1. The Hall–Kier alpha value is -3.53. The molecule has 0 fully saturated rings. The number of hydrogen-bond acceptors (Lipinski definition) is 6. The molecule has 2 aliphatic rings. The third-order valence-corrected chi connectivity index (χ3v) is 6.61. The Bertz CT molecular complexity index is 1320. The number of benzene rings is 2. The quantitative estimate of drug-likeness (QED) is 0.485. The number of alkyl halides is 3. The summed E-state index contributed by atoms with van der Waals surface area (Å²) < 4.78 is 39.4. The average Bonchev–Trinajstić information content (AvgIpc) is 3.34. The Morgan fingerprint density at radius 3 is 2.51 bits per heavy atom. The number of aliphatic imine (C=N–C) groups is 1. The van der Waals surface area contributed by atoms with E-state index in [4.69, 9.17) is 0 Å². The SMILES string of the molecule is OC[C@@H](O)c1cccc(-c2ccc3c(c2)CN(CC2=NC=CC2)CCN3c2ccc(C(F)(F)F)cc2)n1. The maximum atomic E-state index is 13.1. The summed E-state index contributed by atoms with van der Waals surface area (Å²) in [5, 5.41) is 19.3. The Kier molecular flexibility index (Phi) is 7.10. The van der Waals surface area contributed by atoms with Gasteiger partial charge >= 0.3 is 6.18 Å². The molecule has 3 heterocycles. The second-order valence-corrected chi connectivity index (χ2v) is 9.18. The van der Waals surface area contributed by atoms with E-state index in [2.05, 4.69) is 14.9 Å². The zero-order valence-corrected chi connectivity index (χ0v) is 20.1. The van der Waals surface area contributed by atoms with Crippen LogP contribution in [0.5, 0.6) is 0 Å². The molecule has 0 radical (unpaired) electrons. The molecule has 2 aliphatic heterocycles. The van der Waals surface area contributed by atoms with Gasteiger partial charge in [-0.05, 0) is 54.1 Å². The van der Waals surface area contributed by atoms with Crippen molar-refractivity contribution in [3.05, 3.63) is 89.8 Å². The lowest BCUT2D eigenvalue weighted by molar-refractivity contribution is -0.137. The molecule has 9 heteroatoms. The van der Waals surface area contributed by atoms with Crippen molar-refractivity contribution in [2.75, 3.05) is 31.1 Å². The fourth-order valence-corrected chi connectivity index (χ4v) is 4.70. The van der Waals surface area contributed by atoms with Gasteiger partial charge < -0.3 is 15.1 Å². The number of hydrogen-bond donors (Lipinski definition) is 2. The molecule has 3 aromatic rings. The zero-order chi connectivity index (χ0) is 26.0. The first kappa shape index (κ1) is 25.1. The second kappa shape index (κ2) is 10.5. The van der Waals surface area contributed by atoms with Crippen LogP contribution in [-0.4, -0.2) is 52.0 Å². The minimum atomic E-state index is -4.39. The molecular weight excluding hydrogens is 481 g/mol. The van der Waals surface area contributed by atoms with Gasteiger partial charge in [-0.25, -0.2) is 4.98 Å². The molecule has 0 bridgehead atoms. The normalized spacial score (nSPS) is 16.9. The van der Waals surface area contributed by atoms with Crippen LogP contribution in [0.1, 0.15) is 29.3 Å². The summed E-state index contributed by atoms with van der Waals surface area (Å²) in [6.07, 6.45) is -0.800. The van der Waals surface area contributed by atoms with Crippen LogP contribution in [0, 0.1) is 0 Å². The van der Waals surface area contributed by atoms with Gasteiger partial charge in [0, 0.05) is 61.4 Å². The molecule has 0 spiro atoms. The van der Waals surface area contributed by atoms with Crippen LogP contribution in [-0.2, 0) is 12.7 Å². The van der Waals surface area contributed by atoms with E-state index in [1.165, 1.54) is 12.1 Å². The number of fused-ring (bicyclic) bond motifs is 1. The van der Waals surface area contributed by atoms with Crippen LogP contribution < -0.4 is 4.90 Å². The Labute approximate surface area is 213 Å². The number of halogens is 3. The van der Waals surface area contributed by atoms with Crippen molar-refractivity contribution >= 4 is 17.1 Å². The lowest BCUT2D eigenvalue weighted by Crippen LogP contribution is -2.32. The lowest BCUT2D eigenvalue weighted by atomic mass is 10.0. The average molecular weight is 509 g/mol. The van der Waals surface area contributed by atoms with Crippen LogP contribution in [0.2, 0.25) is 0 Å². The van der Waals surface area contributed by atoms with Crippen molar-refractivity contribution in [3.8, 4) is 11.3 Å².